The first-order valence-corrected chi connectivity index (χ1v) is 9.38. The number of rotatable bonds is 3. The van der Waals surface area contributed by atoms with Crippen LogP contribution in [0, 0.1) is 32.1 Å². The van der Waals surface area contributed by atoms with Crippen LogP contribution in [0.2, 0.25) is 5.02 Å². The molecule has 4 nitrogen and oxygen atoms in total. The van der Waals surface area contributed by atoms with Crippen molar-refractivity contribution in [3.8, 4) is 11.8 Å². The highest BCUT2D eigenvalue weighted by atomic mass is 35.5. The fraction of sp³-hybridized carbons (Fsp3) is 0.130. The number of imidazole rings is 1. The summed E-state index contributed by atoms with van der Waals surface area (Å²) in [4.78, 5) is 7.84. The molecular formula is C23H19ClN4. The summed E-state index contributed by atoms with van der Waals surface area (Å²) < 4.78 is 2.10. The quantitative estimate of drug-likeness (QED) is 0.439. The number of aromatic amines is 1. The molecule has 0 bridgehead atoms. The van der Waals surface area contributed by atoms with E-state index < -0.39 is 0 Å². The van der Waals surface area contributed by atoms with Crippen molar-refractivity contribution in [1.82, 2.24) is 14.5 Å². The van der Waals surface area contributed by atoms with Crippen molar-refractivity contribution in [1.29, 1.82) is 5.26 Å². The number of nitrogens with one attached hydrogen (secondary N) is 1. The molecule has 2 heterocycles. The molecule has 0 aliphatic carbocycles. The molecule has 1 N–H and O–H groups in total. The van der Waals surface area contributed by atoms with E-state index >= 15 is 0 Å². The molecule has 0 radical (unpaired) electrons. The SMILES string of the molecule is Cc1ccc2nc(/C(C#N)=C\c3cc(C)n(-c4ccccc4Cl)c3C)[nH]c2c1. The lowest BCUT2D eigenvalue weighted by atomic mass is 10.1. The van der Waals surface area contributed by atoms with Crippen LogP contribution in [0.1, 0.15) is 28.3 Å². The molecule has 2 aromatic carbocycles. The van der Waals surface area contributed by atoms with Gasteiger partial charge in [0, 0.05) is 11.4 Å². The van der Waals surface area contributed by atoms with Crippen molar-refractivity contribution >= 4 is 34.3 Å². The summed E-state index contributed by atoms with van der Waals surface area (Å²) in [6.07, 6.45) is 1.88. The third kappa shape index (κ3) is 3.11. The van der Waals surface area contributed by atoms with Gasteiger partial charge in [-0.05, 0) is 68.3 Å². The smallest absolute Gasteiger partial charge is 0.149 e. The lowest BCUT2D eigenvalue weighted by Crippen LogP contribution is -1.99. The van der Waals surface area contributed by atoms with Crippen LogP contribution >= 0.6 is 11.6 Å². The summed E-state index contributed by atoms with van der Waals surface area (Å²) in [5.41, 5.74) is 7.38. The summed E-state index contributed by atoms with van der Waals surface area (Å²) >= 11 is 6.40. The van der Waals surface area contributed by atoms with Crippen molar-refractivity contribution in [3.63, 3.8) is 0 Å². The van der Waals surface area contributed by atoms with E-state index in [1.165, 1.54) is 0 Å². The Kier molecular flexibility index (Phi) is 4.54. The van der Waals surface area contributed by atoms with Gasteiger partial charge < -0.3 is 9.55 Å². The van der Waals surface area contributed by atoms with E-state index in [9.17, 15) is 5.26 Å². The second-order valence-corrected chi connectivity index (χ2v) is 7.30. The summed E-state index contributed by atoms with van der Waals surface area (Å²) in [6.45, 7) is 6.09. The maximum atomic E-state index is 9.74. The zero-order chi connectivity index (χ0) is 19.8. The zero-order valence-electron chi connectivity index (χ0n) is 15.9. The van der Waals surface area contributed by atoms with E-state index in [0.29, 0.717) is 16.4 Å². The summed E-state index contributed by atoms with van der Waals surface area (Å²) in [5, 5.41) is 10.4. The molecule has 2 aromatic heterocycles. The van der Waals surface area contributed by atoms with Gasteiger partial charge in [-0.2, -0.15) is 5.26 Å². The summed E-state index contributed by atoms with van der Waals surface area (Å²) in [7, 11) is 0. The lowest BCUT2D eigenvalue weighted by Gasteiger charge is -2.11. The molecule has 0 saturated heterocycles. The molecule has 4 rings (SSSR count). The highest BCUT2D eigenvalue weighted by Gasteiger charge is 2.14. The van der Waals surface area contributed by atoms with Gasteiger partial charge in [0.15, 0.2) is 0 Å². The van der Waals surface area contributed by atoms with Crippen LogP contribution < -0.4 is 0 Å². The van der Waals surface area contributed by atoms with Crippen LogP contribution in [0.25, 0.3) is 28.4 Å². The topological polar surface area (TPSA) is 57.4 Å². The van der Waals surface area contributed by atoms with Gasteiger partial charge in [0.25, 0.3) is 0 Å². The molecule has 0 atom stereocenters. The maximum absolute atomic E-state index is 9.74. The molecule has 4 aromatic rings. The molecule has 0 aliphatic heterocycles. The number of aryl methyl sites for hydroxylation is 2. The summed E-state index contributed by atoms with van der Waals surface area (Å²) in [5.74, 6) is 0.575. The normalized spacial score (nSPS) is 11.8. The first-order chi connectivity index (χ1) is 13.5. The van der Waals surface area contributed by atoms with Gasteiger partial charge in [-0.1, -0.05) is 29.8 Å². The Morgan fingerprint density at radius 3 is 2.68 bits per heavy atom. The third-order valence-electron chi connectivity index (χ3n) is 4.88. The van der Waals surface area contributed by atoms with Gasteiger partial charge in [-0.25, -0.2) is 4.98 Å². The van der Waals surface area contributed by atoms with E-state index in [-0.39, 0.29) is 0 Å². The van der Waals surface area contributed by atoms with Crippen LogP contribution in [0.3, 0.4) is 0 Å². The van der Waals surface area contributed by atoms with Gasteiger partial charge in [0.05, 0.1) is 27.3 Å². The first kappa shape index (κ1) is 18.1. The predicted octanol–water partition coefficient (Wildman–Crippen LogP) is 6.00. The minimum atomic E-state index is 0.494. The summed E-state index contributed by atoms with van der Waals surface area (Å²) in [6, 6.07) is 18.1. The highest BCUT2D eigenvalue weighted by Crippen LogP contribution is 2.28. The number of nitrogens with zero attached hydrogens (tertiary/aromatic N) is 3. The molecule has 0 spiro atoms. The maximum Gasteiger partial charge on any atom is 0.149 e. The van der Waals surface area contributed by atoms with Crippen LogP contribution in [0.15, 0.2) is 48.5 Å². The van der Waals surface area contributed by atoms with Gasteiger partial charge in [-0.15, -0.1) is 0 Å². The number of para-hydroxylation sites is 1. The number of aromatic nitrogens is 3. The molecule has 28 heavy (non-hydrogen) atoms. The van der Waals surface area contributed by atoms with Crippen LogP contribution in [-0.2, 0) is 0 Å². The number of nitriles is 1. The molecule has 0 saturated carbocycles. The van der Waals surface area contributed by atoms with E-state index in [0.717, 1.165) is 39.2 Å². The number of halogens is 1. The van der Waals surface area contributed by atoms with Crippen molar-refractivity contribution < 1.29 is 0 Å². The first-order valence-electron chi connectivity index (χ1n) is 9.00. The number of H-pyrrole nitrogens is 1. The molecule has 138 valence electrons. The van der Waals surface area contributed by atoms with Gasteiger partial charge >= 0.3 is 0 Å². The molecule has 5 heteroatoms. The largest absolute Gasteiger partial charge is 0.337 e. The standard InChI is InChI=1S/C23H19ClN4/c1-14-8-9-20-21(10-14)27-23(26-20)18(13-25)12-17-11-15(2)28(16(17)3)22-7-5-4-6-19(22)24/h4-12H,1-3H3,(H,26,27)/b18-12-. The second kappa shape index (κ2) is 7.03. The van der Waals surface area contributed by atoms with Gasteiger partial charge in [0.1, 0.15) is 11.9 Å². The zero-order valence-corrected chi connectivity index (χ0v) is 16.7. The Morgan fingerprint density at radius 1 is 1.14 bits per heavy atom. The Morgan fingerprint density at radius 2 is 1.93 bits per heavy atom. The fourth-order valence-corrected chi connectivity index (χ4v) is 3.72. The third-order valence-corrected chi connectivity index (χ3v) is 5.20. The molecule has 0 unspecified atom stereocenters. The van der Waals surface area contributed by atoms with Crippen molar-refractivity contribution in [2.75, 3.05) is 0 Å². The molecule has 0 aliphatic rings. The highest BCUT2D eigenvalue weighted by molar-refractivity contribution is 6.32. The van der Waals surface area contributed by atoms with Crippen LogP contribution in [0.4, 0.5) is 0 Å². The fourth-order valence-electron chi connectivity index (χ4n) is 3.50. The van der Waals surface area contributed by atoms with Crippen LogP contribution in [0.5, 0.6) is 0 Å². The number of allylic oxidation sites excluding steroid dienone is 1. The van der Waals surface area contributed by atoms with E-state index in [2.05, 4.69) is 26.7 Å². The Hall–Kier alpha value is -3.29. The van der Waals surface area contributed by atoms with Crippen molar-refractivity contribution in [2.24, 2.45) is 0 Å². The average Bonchev–Trinajstić information content (AvgIpc) is 3.20. The van der Waals surface area contributed by atoms with E-state index in [1.54, 1.807) is 0 Å². The Labute approximate surface area is 168 Å². The molecule has 0 fully saturated rings. The molecular weight excluding hydrogens is 368 g/mol. The predicted molar refractivity (Wildman–Crippen MR) is 115 cm³/mol. The average molecular weight is 387 g/mol. The van der Waals surface area contributed by atoms with Crippen molar-refractivity contribution in [3.05, 3.63) is 81.9 Å². The Bertz CT molecular complexity index is 1270. The second-order valence-electron chi connectivity index (χ2n) is 6.89. The Balaban J connectivity index is 1.82. The van der Waals surface area contributed by atoms with Crippen LogP contribution in [-0.4, -0.2) is 14.5 Å². The number of benzene rings is 2. The van der Waals surface area contributed by atoms with E-state index in [1.807, 2.05) is 69.3 Å². The van der Waals surface area contributed by atoms with Gasteiger partial charge in [0.2, 0.25) is 0 Å². The number of hydrogen-bond donors (Lipinski definition) is 1. The minimum absolute atomic E-state index is 0.494. The number of fused-ring (bicyclic) bond motifs is 1. The van der Waals surface area contributed by atoms with Gasteiger partial charge in [-0.3, -0.25) is 0 Å². The van der Waals surface area contributed by atoms with Crippen molar-refractivity contribution in [2.45, 2.75) is 20.8 Å². The number of hydrogen-bond acceptors (Lipinski definition) is 2. The van der Waals surface area contributed by atoms with E-state index in [4.69, 9.17) is 11.6 Å². The monoisotopic (exact) mass is 386 g/mol. The lowest BCUT2D eigenvalue weighted by molar-refractivity contribution is 0.965. The molecule has 0 amide bonds. The minimum Gasteiger partial charge on any atom is -0.337 e.